The Morgan fingerprint density at radius 3 is 2.48 bits per heavy atom. The highest BCUT2D eigenvalue weighted by molar-refractivity contribution is 7.15. The Kier molecular flexibility index (Phi) is 7.13. The number of hydrogen-bond acceptors (Lipinski definition) is 6. The van der Waals surface area contributed by atoms with Gasteiger partial charge in [-0.1, -0.05) is 73.9 Å². The molecule has 202 valence electrons. The Bertz CT molecular complexity index is 1810. The minimum absolute atomic E-state index is 0.0591. The molecule has 0 aliphatic carbocycles. The van der Waals surface area contributed by atoms with Gasteiger partial charge >= 0.3 is 0 Å². The number of thiazole rings is 1. The predicted molar refractivity (Wildman–Crippen MR) is 154 cm³/mol. The molecule has 0 atom stereocenters. The number of halogens is 1. The summed E-state index contributed by atoms with van der Waals surface area (Å²) in [5.41, 5.74) is 2.32. The number of aromatic nitrogens is 3. The summed E-state index contributed by atoms with van der Waals surface area (Å²) in [6.45, 7) is 2.92. The summed E-state index contributed by atoms with van der Waals surface area (Å²) in [4.78, 5) is 33.6. The van der Waals surface area contributed by atoms with E-state index in [1.165, 1.54) is 28.3 Å². The first-order chi connectivity index (χ1) is 19.5. The number of carbonyl (C=O) groups excluding carboxylic acids is 1. The van der Waals surface area contributed by atoms with Crippen molar-refractivity contribution in [3.63, 3.8) is 0 Å². The number of benzene rings is 3. The zero-order valence-corrected chi connectivity index (χ0v) is 22.8. The van der Waals surface area contributed by atoms with Crippen LogP contribution in [0.25, 0.3) is 21.9 Å². The molecule has 1 aliphatic rings. The van der Waals surface area contributed by atoms with Gasteiger partial charge in [0.25, 0.3) is 11.5 Å². The maximum atomic E-state index is 14.4. The van der Waals surface area contributed by atoms with E-state index in [2.05, 4.69) is 17.0 Å². The number of hydrogen-bond donors (Lipinski definition) is 0. The van der Waals surface area contributed by atoms with E-state index in [-0.39, 0.29) is 28.4 Å². The fourth-order valence-electron chi connectivity index (χ4n) is 4.88. The largest absolute Gasteiger partial charge is 0.494 e. The van der Waals surface area contributed by atoms with Gasteiger partial charge in [0.05, 0.1) is 24.4 Å². The molecule has 0 spiro atoms. The minimum atomic E-state index is -0.406. The molecule has 1 amide bonds. The van der Waals surface area contributed by atoms with Crippen molar-refractivity contribution in [2.45, 2.75) is 39.2 Å². The second-order valence-electron chi connectivity index (χ2n) is 9.67. The summed E-state index contributed by atoms with van der Waals surface area (Å²) in [6, 6.07) is 21.1. The first-order valence-electron chi connectivity index (χ1n) is 13.4. The minimum Gasteiger partial charge on any atom is -0.494 e. The molecule has 6 rings (SSSR count). The molecule has 0 radical (unpaired) electrons. The Morgan fingerprint density at radius 2 is 1.70 bits per heavy atom. The topological polar surface area (TPSA) is 76.8 Å². The van der Waals surface area contributed by atoms with Crippen LogP contribution in [0.4, 0.5) is 10.1 Å². The maximum Gasteiger partial charge on any atom is 0.291 e. The number of carbonyl (C=O) groups is 1. The van der Waals surface area contributed by atoms with Crippen molar-refractivity contribution in [1.29, 1.82) is 0 Å². The molecule has 0 N–H and O–H groups in total. The third kappa shape index (κ3) is 4.77. The summed E-state index contributed by atoms with van der Waals surface area (Å²) in [6.07, 6.45) is 4.58. The van der Waals surface area contributed by atoms with E-state index in [4.69, 9.17) is 4.74 Å². The van der Waals surface area contributed by atoms with Gasteiger partial charge in [-0.15, -0.1) is 5.10 Å². The molecule has 2 aromatic heterocycles. The average Bonchev–Trinajstić information content (AvgIpc) is 3.61. The second kappa shape index (κ2) is 11.0. The van der Waals surface area contributed by atoms with E-state index < -0.39 is 5.56 Å². The van der Waals surface area contributed by atoms with Crippen molar-refractivity contribution >= 4 is 33.5 Å². The summed E-state index contributed by atoms with van der Waals surface area (Å²) >= 11 is 1.13. The fourth-order valence-corrected chi connectivity index (χ4v) is 5.88. The third-order valence-corrected chi connectivity index (χ3v) is 8.00. The van der Waals surface area contributed by atoms with Crippen LogP contribution in [-0.4, -0.2) is 27.1 Å². The molecule has 1 aliphatic heterocycles. The Balaban J connectivity index is 1.31. The summed E-state index contributed by atoms with van der Waals surface area (Å²) < 4.78 is 21.7. The molecule has 0 saturated heterocycles. The molecule has 0 unspecified atom stereocenters. The molecule has 3 heterocycles. The molecule has 0 saturated carbocycles. The van der Waals surface area contributed by atoms with Crippen LogP contribution < -0.4 is 19.7 Å². The highest BCUT2D eigenvalue weighted by Crippen LogP contribution is 2.36. The number of rotatable bonds is 9. The van der Waals surface area contributed by atoms with E-state index in [9.17, 15) is 14.0 Å². The number of fused-ring (bicyclic) bond motifs is 2. The zero-order valence-electron chi connectivity index (χ0n) is 22.0. The van der Waals surface area contributed by atoms with E-state index in [0.717, 1.165) is 35.5 Å². The third-order valence-electron chi connectivity index (χ3n) is 6.97. The molecule has 40 heavy (non-hydrogen) atoms. The number of nitrogens with zero attached hydrogens (tertiary/aromatic N) is 4. The maximum absolute atomic E-state index is 14.4. The zero-order chi connectivity index (χ0) is 27.6. The van der Waals surface area contributed by atoms with Crippen molar-refractivity contribution in [2.75, 3.05) is 11.5 Å². The molecule has 0 bridgehead atoms. The smallest absolute Gasteiger partial charge is 0.291 e. The standard InChI is InChI=1S/C31H27FN4O3S/c1-2-3-4-9-18-39-22-16-14-20(15-17-22)28-33-31-36(34-28)30(38)27(40-31)26-23-11-6-8-13-25(23)35(29(26)37)19-21-10-5-7-12-24(21)32/h5-8,10-17H,2-4,9,18-19H2,1H3/b27-26-. The van der Waals surface area contributed by atoms with Crippen molar-refractivity contribution in [1.82, 2.24) is 14.6 Å². The number of amides is 1. The van der Waals surface area contributed by atoms with Gasteiger partial charge in [0.2, 0.25) is 4.96 Å². The molecule has 3 aromatic carbocycles. The molecule has 7 nitrogen and oxygen atoms in total. The lowest BCUT2D eigenvalue weighted by Gasteiger charge is -2.17. The molecule has 9 heteroatoms. The first-order valence-corrected chi connectivity index (χ1v) is 14.2. The Hall–Kier alpha value is -4.37. The number of anilines is 1. The van der Waals surface area contributed by atoms with Crippen LogP contribution in [0.2, 0.25) is 0 Å². The van der Waals surface area contributed by atoms with Gasteiger partial charge < -0.3 is 9.64 Å². The van der Waals surface area contributed by atoms with Crippen LogP contribution >= 0.6 is 11.3 Å². The van der Waals surface area contributed by atoms with Gasteiger partial charge in [0, 0.05) is 16.7 Å². The van der Waals surface area contributed by atoms with Crippen LogP contribution in [0.3, 0.4) is 0 Å². The van der Waals surface area contributed by atoms with Crippen LogP contribution in [0.1, 0.15) is 43.7 Å². The Morgan fingerprint density at radius 1 is 0.925 bits per heavy atom. The lowest BCUT2D eigenvalue weighted by atomic mass is 10.1. The highest BCUT2D eigenvalue weighted by Gasteiger charge is 2.34. The SMILES string of the molecule is CCCCCCOc1ccc(-c2nc3s/c(=C4\C(=O)N(Cc5ccccc5F)c5ccccc54)c(=O)n3n2)cc1. The summed E-state index contributed by atoms with van der Waals surface area (Å²) in [5.74, 6) is 0.469. The lowest BCUT2D eigenvalue weighted by Crippen LogP contribution is -2.32. The van der Waals surface area contributed by atoms with Crippen LogP contribution in [0.5, 0.6) is 5.75 Å². The van der Waals surface area contributed by atoms with Crippen molar-refractivity contribution in [3.05, 3.63) is 105 Å². The number of unbranched alkanes of at least 4 members (excludes halogenated alkanes) is 3. The van der Waals surface area contributed by atoms with Crippen molar-refractivity contribution in [3.8, 4) is 17.1 Å². The number of para-hydroxylation sites is 1. The van der Waals surface area contributed by atoms with Gasteiger partial charge in [0.1, 0.15) is 16.1 Å². The van der Waals surface area contributed by atoms with Crippen molar-refractivity contribution < 1.29 is 13.9 Å². The van der Waals surface area contributed by atoms with Crippen LogP contribution in [0.15, 0.2) is 77.6 Å². The molecular formula is C31H27FN4O3S. The average molecular weight is 555 g/mol. The monoisotopic (exact) mass is 554 g/mol. The van der Waals surface area contributed by atoms with Gasteiger partial charge in [-0.05, 0) is 42.8 Å². The van der Waals surface area contributed by atoms with Crippen LogP contribution in [0, 0.1) is 5.82 Å². The quantitative estimate of drug-likeness (QED) is 0.229. The normalized spacial score (nSPS) is 14.2. The second-order valence-corrected chi connectivity index (χ2v) is 10.7. The van der Waals surface area contributed by atoms with E-state index in [1.54, 1.807) is 30.3 Å². The van der Waals surface area contributed by atoms with Gasteiger partial charge in [0.15, 0.2) is 5.82 Å². The summed E-state index contributed by atoms with van der Waals surface area (Å²) in [5, 5.41) is 4.45. The van der Waals surface area contributed by atoms with Crippen molar-refractivity contribution in [2.24, 2.45) is 0 Å². The van der Waals surface area contributed by atoms with Gasteiger partial charge in [-0.25, -0.2) is 4.39 Å². The van der Waals surface area contributed by atoms with Gasteiger partial charge in [-0.2, -0.15) is 9.50 Å². The molecule has 0 fully saturated rings. The van der Waals surface area contributed by atoms with Gasteiger partial charge in [-0.3, -0.25) is 9.59 Å². The predicted octanol–water partition coefficient (Wildman–Crippen LogP) is 5.38. The van der Waals surface area contributed by atoms with E-state index in [1.807, 2.05) is 36.4 Å². The molecular weight excluding hydrogens is 527 g/mol. The molecule has 5 aromatic rings. The Labute approximate surface area is 234 Å². The highest BCUT2D eigenvalue weighted by atomic mass is 32.1. The number of ether oxygens (including phenoxy) is 1. The van der Waals surface area contributed by atoms with E-state index in [0.29, 0.717) is 34.2 Å². The fraction of sp³-hybridized carbons (Fsp3) is 0.226. The van der Waals surface area contributed by atoms with E-state index >= 15 is 0 Å². The first kappa shape index (κ1) is 25.9. The lowest BCUT2D eigenvalue weighted by molar-refractivity contribution is -0.113. The summed E-state index contributed by atoms with van der Waals surface area (Å²) in [7, 11) is 0. The van der Waals surface area contributed by atoms with Crippen LogP contribution in [-0.2, 0) is 11.3 Å².